The van der Waals surface area contributed by atoms with E-state index < -0.39 is 0 Å². The first-order valence-electron chi connectivity index (χ1n) is 7.22. The Bertz CT molecular complexity index is 270. The molecule has 0 radical (unpaired) electrons. The molecule has 0 aromatic rings. The summed E-state index contributed by atoms with van der Waals surface area (Å²) in [4.78, 5) is 12.1. The molecule has 0 spiro atoms. The van der Waals surface area contributed by atoms with Crippen LogP contribution in [0.4, 0.5) is 0 Å². The summed E-state index contributed by atoms with van der Waals surface area (Å²) in [6.45, 7) is 9.01. The van der Waals surface area contributed by atoms with Gasteiger partial charge in [-0.05, 0) is 37.0 Å². The Morgan fingerprint density at radius 2 is 2.06 bits per heavy atom. The summed E-state index contributed by atoms with van der Waals surface area (Å²) in [5, 5.41) is 0. The van der Waals surface area contributed by atoms with Gasteiger partial charge in [-0.3, -0.25) is 4.79 Å². The van der Waals surface area contributed by atoms with Crippen LogP contribution in [0.5, 0.6) is 0 Å². The minimum Gasteiger partial charge on any atom is -0.462 e. The summed E-state index contributed by atoms with van der Waals surface area (Å²) in [6, 6.07) is 0. The van der Waals surface area contributed by atoms with E-state index in [4.69, 9.17) is 10.5 Å². The third-order valence-electron chi connectivity index (χ3n) is 3.65. The minimum absolute atomic E-state index is 0.0912. The lowest BCUT2D eigenvalue weighted by molar-refractivity contribution is -0.156. The molecule has 18 heavy (non-hydrogen) atoms. The van der Waals surface area contributed by atoms with Crippen LogP contribution in [0.25, 0.3) is 0 Å². The molecule has 3 unspecified atom stereocenters. The van der Waals surface area contributed by atoms with Gasteiger partial charge in [0.25, 0.3) is 0 Å². The fourth-order valence-electron chi connectivity index (χ4n) is 2.75. The van der Waals surface area contributed by atoms with E-state index in [1.165, 1.54) is 12.8 Å². The van der Waals surface area contributed by atoms with Crippen molar-refractivity contribution >= 4 is 5.97 Å². The molecule has 0 saturated heterocycles. The molecule has 3 atom stereocenters. The molecule has 0 aromatic carbocycles. The highest BCUT2D eigenvalue weighted by atomic mass is 16.5. The quantitative estimate of drug-likeness (QED) is 0.785. The number of hydrogen-bond donors (Lipinski definition) is 1. The average Bonchev–Trinajstić information content (AvgIpc) is 2.24. The van der Waals surface area contributed by atoms with Gasteiger partial charge in [-0.2, -0.15) is 0 Å². The number of carbonyl (C=O) groups is 1. The summed E-state index contributed by atoms with van der Waals surface area (Å²) in [5.74, 6) is 0.434. The molecule has 1 aliphatic rings. The number of esters is 1. The van der Waals surface area contributed by atoms with Gasteiger partial charge in [0.2, 0.25) is 0 Å². The van der Waals surface area contributed by atoms with Gasteiger partial charge < -0.3 is 10.5 Å². The predicted octanol–water partition coefficient (Wildman–Crippen LogP) is 3.12. The molecule has 0 heterocycles. The monoisotopic (exact) mass is 255 g/mol. The third-order valence-corrected chi connectivity index (χ3v) is 3.65. The van der Waals surface area contributed by atoms with Crippen molar-refractivity contribution in [2.24, 2.45) is 23.0 Å². The lowest BCUT2D eigenvalue weighted by Gasteiger charge is -2.29. The number of nitrogens with two attached hydrogens (primary N) is 1. The Morgan fingerprint density at radius 3 is 2.56 bits per heavy atom. The highest BCUT2D eigenvalue weighted by Gasteiger charge is 2.28. The smallest absolute Gasteiger partial charge is 0.310 e. The summed E-state index contributed by atoms with van der Waals surface area (Å²) >= 11 is 0. The van der Waals surface area contributed by atoms with Crippen molar-refractivity contribution in [2.45, 2.75) is 65.9 Å². The number of carbonyl (C=O) groups excluding carboxylic acids is 1. The SMILES string of the molecule is CC1CCCC(OC(=O)C(CN)CC(C)(C)C)C1. The van der Waals surface area contributed by atoms with Crippen molar-refractivity contribution in [3.8, 4) is 0 Å². The molecule has 1 rings (SSSR count). The van der Waals surface area contributed by atoms with E-state index in [2.05, 4.69) is 27.7 Å². The van der Waals surface area contributed by atoms with Gasteiger partial charge in [-0.15, -0.1) is 0 Å². The van der Waals surface area contributed by atoms with Crippen molar-refractivity contribution in [2.75, 3.05) is 6.54 Å². The lowest BCUT2D eigenvalue weighted by Crippen LogP contribution is -2.33. The van der Waals surface area contributed by atoms with Crippen LogP contribution in [0.15, 0.2) is 0 Å². The molecular weight excluding hydrogens is 226 g/mol. The Balaban J connectivity index is 2.46. The molecule has 3 heteroatoms. The van der Waals surface area contributed by atoms with Gasteiger partial charge in [-0.1, -0.05) is 34.1 Å². The van der Waals surface area contributed by atoms with Crippen LogP contribution in [-0.2, 0) is 9.53 Å². The Hall–Kier alpha value is -0.570. The van der Waals surface area contributed by atoms with Gasteiger partial charge in [0.15, 0.2) is 0 Å². The second kappa shape index (κ2) is 6.55. The first-order chi connectivity index (χ1) is 8.31. The maximum Gasteiger partial charge on any atom is 0.310 e. The van der Waals surface area contributed by atoms with E-state index in [0.29, 0.717) is 12.5 Å². The summed E-state index contributed by atoms with van der Waals surface area (Å²) in [5.41, 5.74) is 5.83. The van der Waals surface area contributed by atoms with Crippen molar-refractivity contribution in [3.05, 3.63) is 0 Å². The molecule has 1 fully saturated rings. The number of ether oxygens (including phenoxy) is 1. The average molecular weight is 255 g/mol. The number of hydrogen-bond acceptors (Lipinski definition) is 3. The Kier molecular flexibility index (Phi) is 5.64. The molecule has 0 aliphatic heterocycles. The molecule has 0 amide bonds. The van der Waals surface area contributed by atoms with Crippen molar-refractivity contribution in [1.82, 2.24) is 0 Å². The molecule has 106 valence electrons. The zero-order valence-corrected chi connectivity index (χ0v) is 12.4. The predicted molar refractivity (Wildman–Crippen MR) is 74.1 cm³/mol. The van der Waals surface area contributed by atoms with Gasteiger partial charge in [0.1, 0.15) is 6.10 Å². The maximum absolute atomic E-state index is 12.1. The van der Waals surface area contributed by atoms with E-state index in [-0.39, 0.29) is 23.4 Å². The zero-order chi connectivity index (χ0) is 13.8. The van der Waals surface area contributed by atoms with Crippen LogP contribution in [0.2, 0.25) is 0 Å². The van der Waals surface area contributed by atoms with Crippen molar-refractivity contribution in [3.63, 3.8) is 0 Å². The molecular formula is C15H29NO2. The number of rotatable bonds is 4. The van der Waals surface area contributed by atoms with Crippen molar-refractivity contribution in [1.29, 1.82) is 0 Å². The molecule has 1 saturated carbocycles. The van der Waals surface area contributed by atoms with E-state index in [0.717, 1.165) is 19.3 Å². The molecule has 3 nitrogen and oxygen atoms in total. The first-order valence-corrected chi connectivity index (χ1v) is 7.22. The zero-order valence-electron chi connectivity index (χ0n) is 12.4. The van der Waals surface area contributed by atoms with E-state index in [9.17, 15) is 4.79 Å². The van der Waals surface area contributed by atoms with Crippen LogP contribution < -0.4 is 5.73 Å². The van der Waals surface area contributed by atoms with Gasteiger partial charge >= 0.3 is 5.97 Å². The van der Waals surface area contributed by atoms with Crippen LogP contribution in [-0.4, -0.2) is 18.6 Å². The summed E-state index contributed by atoms with van der Waals surface area (Å²) in [7, 11) is 0. The van der Waals surface area contributed by atoms with E-state index >= 15 is 0 Å². The van der Waals surface area contributed by atoms with Gasteiger partial charge in [0, 0.05) is 6.54 Å². The molecule has 0 aromatic heterocycles. The maximum atomic E-state index is 12.1. The normalized spacial score (nSPS) is 26.7. The second-order valence-electron chi connectivity index (χ2n) is 7.03. The molecule has 0 bridgehead atoms. The van der Waals surface area contributed by atoms with Crippen LogP contribution >= 0.6 is 0 Å². The second-order valence-corrected chi connectivity index (χ2v) is 7.03. The Labute approximate surface area is 111 Å². The summed E-state index contributed by atoms with van der Waals surface area (Å²) < 4.78 is 5.64. The third kappa shape index (κ3) is 5.38. The van der Waals surface area contributed by atoms with E-state index in [1.54, 1.807) is 0 Å². The van der Waals surface area contributed by atoms with Crippen LogP contribution in [0, 0.1) is 17.3 Å². The highest BCUT2D eigenvalue weighted by molar-refractivity contribution is 5.73. The van der Waals surface area contributed by atoms with Crippen LogP contribution in [0.3, 0.4) is 0 Å². The largest absolute Gasteiger partial charge is 0.462 e. The van der Waals surface area contributed by atoms with Gasteiger partial charge in [-0.25, -0.2) is 0 Å². The standard InChI is InChI=1S/C15H29NO2/c1-11-6-5-7-13(8-11)18-14(17)12(10-16)9-15(2,3)4/h11-13H,5-10,16H2,1-4H3. The highest BCUT2D eigenvalue weighted by Crippen LogP contribution is 2.28. The lowest BCUT2D eigenvalue weighted by atomic mass is 9.84. The van der Waals surface area contributed by atoms with E-state index in [1.807, 2.05) is 0 Å². The minimum atomic E-state index is -0.151. The van der Waals surface area contributed by atoms with Crippen molar-refractivity contribution < 1.29 is 9.53 Å². The summed E-state index contributed by atoms with van der Waals surface area (Å²) in [6.07, 6.45) is 5.38. The molecule has 1 aliphatic carbocycles. The fraction of sp³-hybridized carbons (Fsp3) is 0.933. The van der Waals surface area contributed by atoms with Gasteiger partial charge in [0.05, 0.1) is 5.92 Å². The first kappa shape index (κ1) is 15.5. The molecule has 2 N–H and O–H groups in total. The van der Waals surface area contributed by atoms with Crippen LogP contribution in [0.1, 0.15) is 59.8 Å². The Morgan fingerprint density at radius 1 is 1.39 bits per heavy atom. The fourth-order valence-corrected chi connectivity index (χ4v) is 2.75. The topological polar surface area (TPSA) is 52.3 Å².